The fourth-order valence-corrected chi connectivity index (χ4v) is 1.16. The second-order valence-electron chi connectivity index (χ2n) is 3.37. The Hall–Kier alpha value is -1.83. The van der Waals surface area contributed by atoms with Gasteiger partial charge in [0.25, 0.3) is 0 Å². The third-order valence-corrected chi connectivity index (χ3v) is 2.00. The monoisotopic (exact) mass is 201 g/mol. The summed E-state index contributed by atoms with van der Waals surface area (Å²) in [7, 11) is 4.02. The molecule has 1 aromatic carbocycles. The quantitative estimate of drug-likeness (QED) is 0.424. The van der Waals surface area contributed by atoms with Gasteiger partial charge in [0, 0.05) is 19.8 Å². The number of benzene rings is 1. The molecule has 0 saturated heterocycles. The zero-order chi connectivity index (χ0) is 11.1. The lowest BCUT2D eigenvalue weighted by atomic mass is 10.2. The summed E-state index contributed by atoms with van der Waals surface area (Å²) in [5.74, 6) is 0. The van der Waals surface area contributed by atoms with Crippen LogP contribution in [0.1, 0.15) is 5.56 Å². The van der Waals surface area contributed by atoms with E-state index in [2.05, 4.69) is 17.0 Å². The number of allylic oxidation sites excluding steroid dienone is 3. The van der Waals surface area contributed by atoms with Crippen molar-refractivity contribution in [2.75, 3.05) is 19.0 Å². The van der Waals surface area contributed by atoms with Gasteiger partial charge in [0.2, 0.25) is 0 Å². The molecule has 0 aliphatic heterocycles. The van der Waals surface area contributed by atoms with E-state index in [9.17, 15) is 4.79 Å². The van der Waals surface area contributed by atoms with Gasteiger partial charge in [0.1, 0.15) is 6.29 Å². The third kappa shape index (κ3) is 3.81. The van der Waals surface area contributed by atoms with Crippen molar-refractivity contribution in [3.8, 4) is 0 Å². The van der Waals surface area contributed by atoms with Crippen LogP contribution in [0.3, 0.4) is 0 Å². The molecule has 0 heterocycles. The van der Waals surface area contributed by atoms with Gasteiger partial charge >= 0.3 is 0 Å². The maximum Gasteiger partial charge on any atom is 0.142 e. The number of carbonyl (C=O) groups is 1. The molecule has 0 spiro atoms. The van der Waals surface area contributed by atoms with Crippen LogP contribution in [-0.4, -0.2) is 20.4 Å². The standard InChI is InChI=1S/C13H15NO/c1-14(2)13-9-7-12(8-10-13)6-4-3-5-11-15/h3-11H,1-2H3/b5-3+,6-4-. The molecule has 0 atom stereocenters. The van der Waals surface area contributed by atoms with Crippen molar-refractivity contribution in [2.24, 2.45) is 0 Å². The molecule has 78 valence electrons. The van der Waals surface area contributed by atoms with Crippen LogP contribution < -0.4 is 4.90 Å². The minimum Gasteiger partial charge on any atom is -0.378 e. The highest BCUT2D eigenvalue weighted by molar-refractivity contribution is 5.66. The molecule has 0 saturated carbocycles. The minimum absolute atomic E-state index is 0.763. The highest BCUT2D eigenvalue weighted by atomic mass is 16.1. The van der Waals surface area contributed by atoms with Gasteiger partial charge in [-0.3, -0.25) is 4.79 Å². The van der Waals surface area contributed by atoms with Gasteiger partial charge < -0.3 is 4.90 Å². The van der Waals surface area contributed by atoms with Crippen LogP contribution in [-0.2, 0) is 4.79 Å². The summed E-state index contributed by atoms with van der Waals surface area (Å²) in [5, 5.41) is 0. The predicted molar refractivity (Wildman–Crippen MR) is 65.0 cm³/mol. The average Bonchev–Trinajstić information content (AvgIpc) is 2.25. The van der Waals surface area contributed by atoms with Crippen LogP contribution in [0.5, 0.6) is 0 Å². The first kappa shape index (κ1) is 11.2. The van der Waals surface area contributed by atoms with Crippen molar-refractivity contribution in [1.29, 1.82) is 0 Å². The number of anilines is 1. The number of nitrogens with zero attached hydrogens (tertiary/aromatic N) is 1. The van der Waals surface area contributed by atoms with E-state index in [0.29, 0.717) is 0 Å². The first-order chi connectivity index (χ1) is 7.24. The van der Waals surface area contributed by atoms with Crippen molar-refractivity contribution in [2.45, 2.75) is 0 Å². The Bertz CT molecular complexity index is 361. The van der Waals surface area contributed by atoms with Crippen LogP contribution in [0, 0.1) is 0 Å². The summed E-state index contributed by atoms with van der Waals surface area (Å²) in [6, 6.07) is 8.20. The van der Waals surface area contributed by atoms with E-state index in [1.54, 1.807) is 6.08 Å². The molecule has 0 aromatic heterocycles. The molecule has 2 nitrogen and oxygen atoms in total. The number of hydrogen-bond acceptors (Lipinski definition) is 2. The van der Waals surface area contributed by atoms with Crippen molar-refractivity contribution in [3.63, 3.8) is 0 Å². The fraction of sp³-hybridized carbons (Fsp3) is 0.154. The molecule has 0 aliphatic rings. The lowest BCUT2D eigenvalue weighted by Gasteiger charge is -2.11. The Kier molecular flexibility index (Phi) is 4.35. The van der Waals surface area contributed by atoms with Gasteiger partial charge in [-0.05, 0) is 23.8 Å². The van der Waals surface area contributed by atoms with Crippen LogP contribution in [0.4, 0.5) is 5.69 Å². The van der Waals surface area contributed by atoms with Gasteiger partial charge in [0.15, 0.2) is 0 Å². The molecule has 0 radical (unpaired) electrons. The van der Waals surface area contributed by atoms with Crippen molar-refractivity contribution in [1.82, 2.24) is 0 Å². The first-order valence-electron chi connectivity index (χ1n) is 4.80. The van der Waals surface area contributed by atoms with E-state index in [1.807, 2.05) is 38.4 Å². The molecule has 0 unspecified atom stereocenters. The Morgan fingerprint density at radius 3 is 2.20 bits per heavy atom. The van der Waals surface area contributed by atoms with Gasteiger partial charge in [-0.1, -0.05) is 30.4 Å². The first-order valence-corrected chi connectivity index (χ1v) is 4.80. The Morgan fingerprint density at radius 2 is 1.67 bits per heavy atom. The van der Waals surface area contributed by atoms with E-state index < -0.39 is 0 Å². The molecule has 1 rings (SSSR count). The van der Waals surface area contributed by atoms with Crippen LogP contribution >= 0.6 is 0 Å². The van der Waals surface area contributed by atoms with Gasteiger partial charge in [-0.15, -0.1) is 0 Å². The summed E-state index contributed by atoms with van der Waals surface area (Å²) in [4.78, 5) is 12.1. The molecule has 0 amide bonds. The zero-order valence-corrected chi connectivity index (χ0v) is 9.05. The number of hydrogen-bond donors (Lipinski definition) is 0. The summed E-state index contributed by atoms with van der Waals surface area (Å²) >= 11 is 0. The zero-order valence-electron chi connectivity index (χ0n) is 9.05. The van der Waals surface area contributed by atoms with Gasteiger partial charge in [0.05, 0.1) is 0 Å². The molecule has 2 heteroatoms. The maximum atomic E-state index is 10.0. The van der Waals surface area contributed by atoms with Crippen molar-refractivity contribution >= 4 is 18.0 Å². The molecule has 15 heavy (non-hydrogen) atoms. The molecule has 0 fully saturated rings. The highest BCUT2D eigenvalue weighted by Gasteiger charge is 1.92. The Morgan fingerprint density at radius 1 is 1.00 bits per heavy atom. The normalized spacial score (nSPS) is 11.1. The van der Waals surface area contributed by atoms with Crippen molar-refractivity contribution < 1.29 is 4.79 Å². The largest absolute Gasteiger partial charge is 0.378 e. The summed E-state index contributed by atoms with van der Waals surface area (Å²) in [6.07, 6.45) is 7.75. The molecule has 0 N–H and O–H groups in total. The van der Waals surface area contributed by atoms with Gasteiger partial charge in [-0.2, -0.15) is 0 Å². The molecule has 0 bridgehead atoms. The van der Waals surface area contributed by atoms with E-state index in [0.717, 1.165) is 11.8 Å². The van der Waals surface area contributed by atoms with Gasteiger partial charge in [-0.25, -0.2) is 0 Å². The smallest absolute Gasteiger partial charge is 0.142 e. The summed E-state index contributed by atoms with van der Waals surface area (Å²) in [6.45, 7) is 0. The van der Waals surface area contributed by atoms with Crippen LogP contribution in [0.15, 0.2) is 42.5 Å². The molecular weight excluding hydrogens is 186 g/mol. The molecular formula is C13H15NO. The number of carbonyl (C=O) groups excluding carboxylic acids is 1. The Labute approximate surface area is 90.5 Å². The summed E-state index contributed by atoms with van der Waals surface area (Å²) in [5.41, 5.74) is 2.30. The molecule has 0 aliphatic carbocycles. The lowest BCUT2D eigenvalue weighted by Crippen LogP contribution is -2.07. The Balaban J connectivity index is 2.68. The van der Waals surface area contributed by atoms with E-state index in [4.69, 9.17) is 0 Å². The second-order valence-corrected chi connectivity index (χ2v) is 3.37. The maximum absolute atomic E-state index is 10.0. The highest BCUT2D eigenvalue weighted by Crippen LogP contribution is 2.12. The van der Waals surface area contributed by atoms with Crippen LogP contribution in [0.2, 0.25) is 0 Å². The SMILES string of the molecule is CN(C)c1ccc(/C=C\C=C\C=O)cc1. The minimum atomic E-state index is 0.763. The number of rotatable bonds is 4. The summed E-state index contributed by atoms with van der Waals surface area (Å²) < 4.78 is 0. The second kappa shape index (κ2) is 5.81. The predicted octanol–water partition coefficient (Wildman–Crippen LogP) is 2.52. The number of aldehydes is 1. The van der Waals surface area contributed by atoms with E-state index in [-0.39, 0.29) is 0 Å². The third-order valence-electron chi connectivity index (χ3n) is 2.00. The van der Waals surface area contributed by atoms with E-state index in [1.165, 1.54) is 11.8 Å². The topological polar surface area (TPSA) is 20.3 Å². The van der Waals surface area contributed by atoms with Crippen molar-refractivity contribution in [3.05, 3.63) is 48.1 Å². The van der Waals surface area contributed by atoms with Crippen LogP contribution in [0.25, 0.3) is 6.08 Å². The average molecular weight is 201 g/mol. The molecule has 1 aromatic rings. The lowest BCUT2D eigenvalue weighted by molar-refractivity contribution is -0.104. The fourth-order valence-electron chi connectivity index (χ4n) is 1.16. The van der Waals surface area contributed by atoms with E-state index >= 15 is 0 Å².